The van der Waals surface area contributed by atoms with Crippen molar-refractivity contribution in [2.75, 3.05) is 5.32 Å². The molecule has 6 heteroatoms. The highest BCUT2D eigenvalue weighted by Gasteiger charge is 2.53. The van der Waals surface area contributed by atoms with Crippen molar-refractivity contribution in [3.63, 3.8) is 0 Å². The molecule has 3 rings (SSSR count). The summed E-state index contributed by atoms with van der Waals surface area (Å²) in [6.45, 7) is 9.29. The second kappa shape index (κ2) is 6.91. The number of alkyl carbamates (subject to hydrolysis) is 1. The van der Waals surface area contributed by atoms with Gasteiger partial charge in [-0.05, 0) is 69.6 Å². The van der Waals surface area contributed by atoms with Gasteiger partial charge in [0.2, 0.25) is 0 Å². The fourth-order valence-electron chi connectivity index (χ4n) is 4.20. The van der Waals surface area contributed by atoms with Gasteiger partial charge in [-0.1, -0.05) is 18.7 Å². The van der Waals surface area contributed by atoms with Gasteiger partial charge in [-0.2, -0.15) is 0 Å². The summed E-state index contributed by atoms with van der Waals surface area (Å²) >= 11 is 0. The van der Waals surface area contributed by atoms with Gasteiger partial charge in [0.15, 0.2) is 0 Å². The zero-order valence-corrected chi connectivity index (χ0v) is 16.2. The summed E-state index contributed by atoms with van der Waals surface area (Å²) in [5.41, 5.74) is 1.58. The average molecular weight is 372 g/mol. The summed E-state index contributed by atoms with van der Waals surface area (Å²) in [5.74, 6) is -0.938. The van der Waals surface area contributed by atoms with E-state index < -0.39 is 11.6 Å². The molecule has 0 unspecified atom stereocenters. The van der Waals surface area contributed by atoms with Crippen LogP contribution in [0.15, 0.2) is 24.8 Å². The molecule has 1 aromatic carbocycles. The van der Waals surface area contributed by atoms with Crippen LogP contribution in [0.25, 0.3) is 6.08 Å². The summed E-state index contributed by atoms with van der Waals surface area (Å²) in [6.07, 6.45) is 5.21. The lowest BCUT2D eigenvalue weighted by molar-refractivity contribution is -0.0178. The Bertz CT molecular complexity index is 752. The van der Waals surface area contributed by atoms with E-state index in [0.29, 0.717) is 5.69 Å². The largest absolute Gasteiger partial charge is 0.478 e. The van der Waals surface area contributed by atoms with Crippen molar-refractivity contribution < 1.29 is 19.4 Å². The van der Waals surface area contributed by atoms with Crippen LogP contribution < -0.4 is 10.6 Å². The minimum atomic E-state index is -0.938. The molecule has 27 heavy (non-hydrogen) atoms. The molecule has 3 N–H and O–H groups in total. The maximum atomic E-state index is 11.8. The Morgan fingerprint density at radius 1 is 1.22 bits per heavy atom. The maximum Gasteiger partial charge on any atom is 0.407 e. The molecule has 1 amide bonds. The zero-order chi connectivity index (χ0) is 19.8. The molecule has 0 aliphatic heterocycles. The standard InChI is InChI=1S/C21H28N2O4/c1-5-13-6-7-16(18(24)25)17(8-13)22-14-9-21(10-14)11-15(12-21)23-19(26)27-20(2,3)4/h5-8,14-15,22H,1,9-12H2,2-4H3,(H,23,26)(H,24,25). The van der Waals surface area contributed by atoms with Gasteiger partial charge in [0.1, 0.15) is 5.60 Å². The van der Waals surface area contributed by atoms with E-state index in [1.807, 2.05) is 26.8 Å². The number of hydrogen-bond donors (Lipinski definition) is 3. The van der Waals surface area contributed by atoms with Gasteiger partial charge in [0.25, 0.3) is 0 Å². The van der Waals surface area contributed by atoms with Crippen LogP contribution in [0, 0.1) is 5.41 Å². The van der Waals surface area contributed by atoms with Gasteiger partial charge in [-0.3, -0.25) is 0 Å². The van der Waals surface area contributed by atoms with E-state index in [2.05, 4.69) is 17.2 Å². The first kappa shape index (κ1) is 19.3. The minimum Gasteiger partial charge on any atom is -0.478 e. The Hall–Kier alpha value is -2.50. The van der Waals surface area contributed by atoms with Crippen LogP contribution in [0.2, 0.25) is 0 Å². The van der Waals surface area contributed by atoms with Crippen LogP contribution in [-0.2, 0) is 4.74 Å². The normalized spacial score (nSPS) is 26.5. The fraction of sp³-hybridized carbons (Fsp3) is 0.524. The van der Waals surface area contributed by atoms with Crippen molar-refractivity contribution in [2.45, 2.75) is 64.1 Å². The maximum absolute atomic E-state index is 11.8. The number of rotatable bonds is 5. The molecule has 0 heterocycles. The van der Waals surface area contributed by atoms with Crippen molar-refractivity contribution in [3.05, 3.63) is 35.9 Å². The average Bonchev–Trinajstić information content (AvgIpc) is 2.48. The molecule has 2 fully saturated rings. The number of nitrogens with one attached hydrogen (secondary N) is 2. The second-order valence-corrected chi connectivity index (χ2v) is 8.82. The van der Waals surface area contributed by atoms with E-state index in [-0.39, 0.29) is 29.2 Å². The number of carbonyl (C=O) groups excluding carboxylic acids is 1. The second-order valence-electron chi connectivity index (χ2n) is 8.82. The van der Waals surface area contributed by atoms with Crippen molar-refractivity contribution in [2.24, 2.45) is 5.41 Å². The summed E-state index contributed by atoms with van der Waals surface area (Å²) in [5, 5.41) is 15.7. The Morgan fingerprint density at radius 2 is 1.85 bits per heavy atom. The van der Waals surface area contributed by atoms with E-state index in [9.17, 15) is 14.7 Å². The Kier molecular flexibility index (Phi) is 4.93. The van der Waals surface area contributed by atoms with Gasteiger partial charge in [0, 0.05) is 17.8 Å². The Balaban J connectivity index is 1.50. The van der Waals surface area contributed by atoms with E-state index in [1.54, 1.807) is 18.2 Å². The van der Waals surface area contributed by atoms with Crippen LogP contribution in [0.1, 0.15) is 62.4 Å². The third-order valence-corrected chi connectivity index (χ3v) is 5.31. The zero-order valence-electron chi connectivity index (χ0n) is 16.2. The molecule has 0 bridgehead atoms. The molecule has 2 aliphatic carbocycles. The van der Waals surface area contributed by atoms with Crippen molar-refractivity contribution in [3.8, 4) is 0 Å². The topological polar surface area (TPSA) is 87.7 Å². The van der Waals surface area contributed by atoms with Gasteiger partial charge in [-0.15, -0.1) is 0 Å². The van der Waals surface area contributed by atoms with Crippen molar-refractivity contribution in [1.29, 1.82) is 0 Å². The number of ether oxygens (including phenoxy) is 1. The smallest absolute Gasteiger partial charge is 0.407 e. The molecule has 0 atom stereocenters. The highest BCUT2D eigenvalue weighted by atomic mass is 16.6. The molecule has 0 aromatic heterocycles. The summed E-state index contributed by atoms with van der Waals surface area (Å²) in [4.78, 5) is 23.3. The van der Waals surface area contributed by atoms with E-state index >= 15 is 0 Å². The molecule has 1 spiro atoms. The number of aromatic carboxylic acids is 1. The van der Waals surface area contributed by atoms with Crippen LogP contribution in [0.5, 0.6) is 0 Å². The van der Waals surface area contributed by atoms with Crippen molar-refractivity contribution >= 4 is 23.8 Å². The van der Waals surface area contributed by atoms with Gasteiger partial charge < -0.3 is 20.5 Å². The first-order valence-electron chi connectivity index (χ1n) is 9.35. The predicted octanol–water partition coefficient (Wildman–Crippen LogP) is 4.28. The number of carbonyl (C=O) groups is 2. The van der Waals surface area contributed by atoms with E-state index in [4.69, 9.17) is 4.74 Å². The lowest BCUT2D eigenvalue weighted by Gasteiger charge is -2.58. The monoisotopic (exact) mass is 372 g/mol. The summed E-state index contributed by atoms with van der Waals surface area (Å²) < 4.78 is 5.30. The molecular formula is C21H28N2O4. The van der Waals surface area contributed by atoms with E-state index in [0.717, 1.165) is 31.2 Å². The number of hydrogen-bond acceptors (Lipinski definition) is 4. The van der Waals surface area contributed by atoms with Gasteiger partial charge in [0.05, 0.1) is 5.56 Å². The Labute approximate surface area is 160 Å². The Morgan fingerprint density at radius 3 is 2.41 bits per heavy atom. The highest BCUT2D eigenvalue weighted by molar-refractivity contribution is 5.94. The first-order chi connectivity index (χ1) is 12.6. The SMILES string of the molecule is C=Cc1ccc(C(=O)O)c(NC2CC3(CC(NC(=O)OC(C)(C)C)C3)C2)c1. The van der Waals surface area contributed by atoms with Crippen LogP contribution in [0.3, 0.4) is 0 Å². The quantitative estimate of drug-likeness (QED) is 0.718. The van der Waals surface area contributed by atoms with Gasteiger partial charge in [-0.25, -0.2) is 9.59 Å². The molecule has 0 saturated heterocycles. The first-order valence-corrected chi connectivity index (χ1v) is 9.35. The third-order valence-electron chi connectivity index (χ3n) is 5.31. The molecule has 1 aromatic rings. The molecule has 6 nitrogen and oxygen atoms in total. The summed E-state index contributed by atoms with van der Waals surface area (Å²) in [7, 11) is 0. The lowest BCUT2D eigenvalue weighted by atomic mass is 9.52. The molecule has 2 saturated carbocycles. The number of amides is 1. The number of carboxylic acid groups (broad SMARTS) is 1. The van der Waals surface area contributed by atoms with Gasteiger partial charge >= 0.3 is 12.1 Å². The number of carboxylic acids is 1. The van der Waals surface area contributed by atoms with Crippen LogP contribution in [-0.4, -0.2) is 34.9 Å². The van der Waals surface area contributed by atoms with Crippen LogP contribution >= 0.6 is 0 Å². The lowest BCUT2D eigenvalue weighted by Crippen LogP contribution is -2.59. The molecular weight excluding hydrogens is 344 g/mol. The predicted molar refractivity (Wildman–Crippen MR) is 105 cm³/mol. The molecule has 146 valence electrons. The van der Waals surface area contributed by atoms with Crippen molar-refractivity contribution in [1.82, 2.24) is 5.32 Å². The van der Waals surface area contributed by atoms with E-state index in [1.165, 1.54) is 0 Å². The minimum absolute atomic E-state index is 0.166. The van der Waals surface area contributed by atoms with Crippen LogP contribution in [0.4, 0.5) is 10.5 Å². The summed E-state index contributed by atoms with van der Waals surface area (Å²) in [6, 6.07) is 5.61. The highest BCUT2D eigenvalue weighted by Crippen LogP contribution is 2.56. The molecule has 2 aliphatic rings. The number of benzene rings is 1. The third kappa shape index (κ3) is 4.43. The molecule has 0 radical (unpaired) electrons. The fourth-order valence-corrected chi connectivity index (χ4v) is 4.20. The number of anilines is 1.